The van der Waals surface area contributed by atoms with Gasteiger partial charge in [-0.2, -0.15) is 4.98 Å². The van der Waals surface area contributed by atoms with Crippen LogP contribution in [0.1, 0.15) is 30.1 Å². The number of nitrogens with one attached hydrogen (secondary N) is 1. The number of halogens is 1. The second kappa shape index (κ2) is 8.85. The van der Waals surface area contributed by atoms with Crippen LogP contribution in [0, 0.1) is 0 Å². The van der Waals surface area contributed by atoms with Crippen molar-refractivity contribution in [3.63, 3.8) is 0 Å². The van der Waals surface area contributed by atoms with E-state index >= 15 is 0 Å². The van der Waals surface area contributed by atoms with Gasteiger partial charge in [-0.3, -0.25) is 4.79 Å². The number of carbonyl (C=O) groups excluding carboxylic acids is 1. The summed E-state index contributed by atoms with van der Waals surface area (Å²) in [4.78, 5) is 19.0. The molecule has 0 bridgehead atoms. The molecule has 1 aromatic heterocycles. The van der Waals surface area contributed by atoms with Gasteiger partial charge in [0.2, 0.25) is 11.7 Å². The number of nitrogens with zero attached hydrogens (tertiary/aromatic N) is 3. The monoisotopic (exact) mass is 426 g/mol. The standard InChI is InChI=1S/C22H23ClN4O3/c1-14-12-27(13-15(2)29-14)22(28)17-5-9-19(10-6-17)24-11-20-25-21(26-30-20)16-3-7-18(23)8-4-16/h3-10,14-15,24H,11-13H2,1-2H3/t14-,15+. The lowest BCUT2D eigenvalue weighted by molar-refractivity contribution is -0.0586. The molecule has 8 heteroatoms. The maximum absolute atomic E-state index is 12.7. The van der Waals surface area contributed by atoms with Crippen molar-refractivity contribution in [1.82, 2.24) is 15.0 Å². The molecule has 30 heavy (non-hydrogen) atoms. The van der Waals surface area contributed by atoms with Crippen LogP contribution in [0.25, 0.3) is 11.4 Å². The lowest BCUT2D eigenvalue weighted by atomic mass is 10.1. The van der Waals surface area contributed by atoms with Gasteiger partial charge in [0, 0.05) is 34.9 Å². The van der Waals surface area contributed by atoms with E-state index in [1.54, 1.807) is 12.1 Å². The average molecular weight is 427 g/mol. The van der Waals surface area contributed by atoms with Gasteiger partial charge < -0.3 is 19.5 Å². The van der Waals surface area contributed by atoms with E-state index in [4.69, 9.17) is 20.9 Å². The zero-order valence-electron chi connectivity index (χ0n) is 16.8. The third-order valence-corrected chi connectivity index (χ3v) is 5.10. The molecule has 7 nitrogen and oxygen atoms in total. The normalized spacial score (nSPS) is 19.0. The molecule has 1 fully saturated rings. The number of benzene rings is 2. The Hall–Kier alpha value is -2.90. The number of anilines is 1. The van der Waals surface area contributed by atoms with E-state index in [9.17, 15) is 4.79 Å². The summed E-state index contributed by atoms with van der Waals surface area (Å²) in [7, 11) is 0. The van der Waals surface area contributed by atoms with Gasteiger partial charge in [-0.15, -0.1) is 0 Å². The zero-order valence-corrected chi connectivity index (χ0v) is 17.6. The van der Waals surface area contributed by atoms with Gasteiger partial charge in [0.25, 0.3) is 5.91 Å². The predicted molar refractivity (Wildman–Crippen MR) is 114 cm³/mol. The number of ether oxygens (including phenoxy) is 1. The van der Waals surface area contributed by atoms with Crippen LogP contribution in [0.3, 0.4) is 0 Å². The maximum atomic E-state index is 12.7. The van der Waals surface area contributed by atoms with Gasteiger partial charge >= 0.3 is 0 Å². The van der Waals surface area contributed by atoms with Crippen LogP contribution in [0.15, 0.2) is 53.1 Å². The summed E-state index contributed by atoms with van der Waals surface area (Å²) in [6.07, 6.45) is 0.0941. The largest absolute Gasteiger partial charge is 0.376 e. The van der Waals surface area contributed by atoms with E-state index in [-0.39, 0.29) is 18.1 Å². The van der Waals surface area contributed by atoms with Crippen molar-refractivity contribution in [3.8, 4) is 11.4 Å². The first-order valence-electron chi connectivity index (χ1n) is 9.85. The average Bonchev–Trinajstić information content (AvgIpc) is 3.21. The fourth-order valence-corrected chi connectivity index (χ4v) is 3.60. The van der Waals surface area contributed by atoms with Crippen LogP contribution >= 0.6 is 11.6 Å². The molecule has 0 unspecified atom stereocenters. The molecule has 1 N–H and O–H groups in total. The van der Waals surface area contributed by atoms with Crippen molar-refractivity contribution in [2.75, 3.05) is 18.4 Å². The molecule has 0 radical (unpaired) electrons. The first kappa shape index (κ1) is 20.4. The fourth-order valence-electron chi connectivity index (χ4n) is 3.48. The number of hydrogen-bond acceptors (Lipinski definition) is 6. The smallest absolute Gasteiger partial charge is 0.254 e. The Morgan fingerprint density at radius 1 is 1.10 bits per heavy atom. The first-order chi connectivity index (χ1) is 14.5. The lowest BCUT2D eigenvalue weighted by Crippen LogP contribution is -2.48. The summed E-state index contributed by atoms with van der Waals surface area (Å²) < 4.78 is 11.0. The van der Waals surface area contributed by atoms with E-state index < -0.39 is 0 Å². The molecule has 156 valence electrons. The van der Waals surface area contributed by atoms with Gasteiger partial charge in [0.1, 0.15) is 0 Å². The summed E-state index contributed by atoms with van der Waals surface area (Å²) in [5, 5.41) is 7.89. The van der Waals surface area contributed by atoms with Crippen molar-refractivity contribution in [1.29, 1.82) is 0 Å². The van der Waals surface area contributed by atoms with Gasteiger partial charge in [0.15, 0.2) is 0 Å². The molecule has 2 heterocycles. The Kier molecular flexibility index (Phi) is 6.01. The van der Waals surface area contributed by atoms with Gasteiger partial charge in [-0.1, -0.05) is 16.8 Å². The quantitative estimate of drug-likeness (QED) is 0.656. The molecule has 2 atom stereocenters. The van der Waals surface area contributed by atoms with Crippen molar-refractivity contribution in [3.05, 3.63) is 65.0 Å². The minimum atomic E-state index is 0.0213. The maximum Gasteiger partial charge on any atom is 0.254 e. The number of morpholine rings is 1. The second-order valence-corrected chi connectivity index (χ2v) is 7.85. The van der Waals surface area contributed by atoms with Crippen molar-refractivity contribution < 1.29 is 14.1 Å². The van der Waals surface area contributed by atoms with Crippen LogP contribution in [0.2, 0.25) is 5.02 Å². The number of carbonyl (C=O) groups is 1. The summed E-state index contributed by atoms with van der Waals surface area (Å²) >= 11 is 5.91. The zero-order chi connectivity index (χ0) is 21.1. The number of rotatable bonds is 5. The summed E-state index contributed by atoms with van der Waals surface area (Å²) in [5.74, 6) is 1.00. The minimum Gasteiger partial charge on any atom is -0.376 e. The Morgan fingerprint density at radius 2 is 1.77 bits per heavy atom. The highest BCUT2D eigenvalue weighted by atomic mass is 35.5. The molecule has 0 aliphatic carbocycles. The molecule has 2 aromatic carbocycles. The van der Waals surface area contributed by atoms with Gasteiger partial charge in [-0.05, 0) is 62.4 Å². The second-order valence-electron chi connectivity index (χ2n) is 7.42. The number of amides is 1. The molecular formula is C22H23ClN4O3. The van der Waals surface area contributed by atoms with Crippen molar-refractivity contribution in [2.45, 2.75) is 32.6 Å². The molecule has 0 spiro atoms. The van der Waals surface area contributed by atoms with Crippen LogP contribution in [0.4, 0.5) is 5.69 Å². The van der Waals surface area contributed by atoms with Crippen LogP contribution in [-0.4, -0.2) is 46.2 Å². The highest BCUT2D eigenvalue weighted by Gasteiger charge is 2.26. The topological polar surface area (TPSA) is 80.5 Å². The van der Waals surface area contributed by atoms with E-state index in [2.05, 4.69) is 15.5 Å². The lowest BCUT2D eigenvalue weighted by Gasteiger charge is -2.35. The SMILES string of the molecule is C[C@@H]1CN(C(=O)c2ccc(NCc3nc(-c4ccc(Cl)cc4)no3)cc2)C[C@H](C)O1. The van der Waals surface area contributed by atoms with Gasteiger partial charge in [-0.25, -0.2) is 0 Å². The van der Waals surface area contributed by atoms with Gasteiger partial charge in [0.05, 0.1) is 18.8 Å². The molecule has 1 saturated heterocycles. The summed E-state index contributed by atoms with van der Waals surface area (Å²) in [6, 6.07) is 14.6. The van der Waals surface area contributed by atoms with Crippen molar-refractivity contribution >= 4 is 23.2 Å². The van der Waals surface area contributed by atoms with E-state index in [1.807, 2.05) is 55.1 Å². The Balaban J connectivity index is 1.35. The minimum absolute atomic E-state index is 0.0213. The molecule has 4 rings (SSSR count). The molecule has 1 aliphatic rings. The third-order valence-electron chi connectivity index (χ3n) is 4.85. The first-order valence-corrected chi connectivity index (χ1v) is 10.2. The number of aromatic nitrogens is 2. The highest BCUT2D eigenvalue weighted by Crippen LogP contribution is 2.20. The van der Waals surface area contributed by atoms with Crippen LogP contribution in [0.5, 0.6) is 0 Å². The molecule has 3 aromatic rings. The Morgan fingerprint density at radius 3 is 2.43 bits per heavy atom. The van der Waals surface area contributed by atoms with E-state index in [0.29, 0.717) is 41.9 Å². The van der Waals surface area contributed by atoms with E-state index in [1.165, 1.54) is 0 Å². The summed E-state index contributed by atoms with van der Waals surface area (Å²) in [5.41, 5.74) is 2.36. The third kappa shape index (κ3) is 4.80. The van der Waals surface area contributed by atoms with Crippen molar-refractivity contribution in [2.24, 2.45) is 0 Å². The highest BCUT2D eigenvalue weighted by molar-refractivity contribution is 6.30. The van der Waals surface area contributed by atoms with E-state index in [0.717, 1.165) is 11.3 Å². The molecular weight excluding hydrogens is 404 g/mol. The number of hydrogen-bond donors (Lipinski definition) is 1. The molecule has 0 saturated carbocycles. The fraction of sp³-hybridized carbons (Fsp3) is 0.318. The molecule has 1 aliphatic heterocycles. The van der Waals surface area contributed by atoms with Crippen LogP contribution < -0.4 is 5.32 Å². The Bertz CT molecular complexity index is 994. The predicted octanol–water partition coefficient (Wildman–Crippen LogP) is 4.25. The Labute approximate surface area is 180 Å². The molecule has 1 amide bonds. The van der Waals surface area contributed by atoms with Crippen LogP contribution in [-0.2, 0) is 11.3 Å². The summed E-state index contributed by atoms with van der Waals surface area (Å²) in [6.45, 7) is 5.57.